The van der Waals surface area contributed by atoms with E-state index in [-0.39, 0.29) is 0 Å². The highest BCUT2D eigenvalue weighted by atomic mass is 35.5. The van der Waals surface area contributed by atoms with Crippen molar-refractivity contribution >= 4 is 11.6 Å². The maximum Gasteiger partial charge on any atom is 0.158 e. The first-order valence-corrected chi connectivity index (χ1v) is 6.13. The molecule has 2 aromatic heterocycles. The zero-order valence-electron chi connectivity index (χ0n) is 10.6. The lowest BCUT2D eigenvalue weighted by Crippen LogP contribution is -2.08. The number of aryl methyl sites for hydroxylation is 4. The van der Waals surface area contributed by atoms with E-state index in [1.807, 2.05) is 37.6 Å². The third-order valence-corrected chi connectivity index (χ3v) is 3.06. The van der Waals surface area contributed by atoms with Crippen LogP contribution in [-0.2, 0) is 5.88 Å². The minimum Gasteiger partial charge on any atom is -0.234 e. The van der Waals surface area contributed by atoms with Crippen LogP contribution in [0.3, 0.4) is 0 Å². The fraction of sp³-hybridized carbons (Fsp3) is 0.385. The first-order valence-electron chi connectivity index (χ1n) is 5.59. The highest BCUT2D eigenvalue weighted by Crippen LogP contribution is 2.21. The monoisotopic (exact) mass is 249 g/mol. The number of rotatable bonds is 2. The van der Waals surface area contributed by atoms with Crippen molar-refractivity contribution in [2.75, 3.05) is 0 Å². The lowest BCUT2D eigenvalue weighted by molar-refractivity contribution is 0.790. The molecule has 0 amide bonds. The average molecular weight is 250 g/mol. The molecule has 2 aromatic rings. The van der Waals surface area contributed by atoms with Crippen LogP contribution in [0.15, 0.2) is 12.1 Å². The number of aromatic nitrogens is 3. The van der Waals surface area contributed by atoms with E-state index in [9.17, 15) is 0 Å². The van der Waals surface area contributed by atoms with Gasteiger partial charge in [0.1, 0.15) is 0 Å². The molecule has 0 saturated heterocycles. The summed E-state index contributed by atoms with van der Waals surface area (Å²) in [5, 5.41) is 4.47. The second kappa shape index (κ2) is 4.49. The van der Waals surface area contributed by atoms with Gasteiger partial charge in [-0.25, -0.2) is 9.67 Å². The molecule has 0 aromatic carbocycles. The lowest BCUT2D eigenvalue weighted by atomic mass is 10.1. The highest BCUT2D eigenvalue weighted by molar-refractivity contribution is 6.17. The van der Waals surface area contributed by atoms with E-state index in [2.05, 4.69) is 17.0 Å². The maximum absolute atomic E-state index is 6.02. The summed E-state index contributed by atoms with van der Waals surface area (Å²) < 4.78 is 1.87. The number of hydrogen-bond acceptors (Lipinski definition) is 2. The molecule has 0 spiro atoms. The van der Waals surface area contributed by atoms with Crippen LogP contribution in [0.1, 0.15) is 28.2 Å². The van der Waals surface area contributed by atoms with Gasteiger partial charge in [0.15, 0.2) is 5.82 Å². The number of alkyl halides is 1. The van der Waals surface area contributed by atoms with Gasteiger partial charge in [-0.2, -0.15) is 5.10 Å². The van der Waals surface area contributed by atoms with Gasteiger partial charge >= 0.3 is 0 Å². The molecule has 2 heterocycles. The molecule has 0 atom stereocenters. The van der Waals surface area contributed by atoms with E-state index in [1.165, 1.54) is 0 Å². The molecule has 0 bridgehead atoms. The topological polar surface area (TPSA) is 30.7 Å². The normalized spacial score (nSPS) is 10.9. The largest absolute Gasteiger partial charge is 0.234 e. The molecule has 0 radical (unpaired) electrons. The summed E-state index contributed by atoms with van der Waals surface area (Å²) in [5.74, 6) is 1.30. The molecule has 17 heavy (non-hydrogen) atoms. The van der Waals surface area contributed by atoms with Crippen LogP contribution < -0.4 is 0 Å². The molecular formula is C13H16ClN3. The minimum absolute atomic E-state index is 0.451. The quantitative estimate of drug-likeness (QED) is 0.765. The van der Waals surface area contributed by atoms with Crippen molar-refractivity contribution in [1.82, 2.24) is 14.8 Å². The minimum atomic E-state index is 0.451. The Morgan fingerprint density at radius 3 is 2.35 bits per heavy atom. The molecular weight excluding hydrogens is 234 g/mol. The molecule has 0 N–H and O–H groups in total. The highest BCUT2D eigenvalue weighted by Gasteiger charge is 2.12. The van der Waals surface area contributed by atoms with Crippen molar-refractivity contribution < 1.29 is 0 Å². The zero-order chi connectivity index (χ0) is 12.6. The lowest BCUT2D eigenvalue weighted by Gasteiger charge is -2.12. The fourth-order valence-electron chi connectivity index (χ4n) is 2.03. The maximum atomic E-state index is 6.02. The van der Waals surface area contributed by atoms with Crippen molar-refractivity contribution in [3.8, 4) is 5.82 Å². The SMILES string of the molecule is Cc1cc(C)c(CCl)c(-n2nc(C)cc2C)n1. The first-order chi connectivity index (χ1) is 8.02. The number of pyridine rings is 1. The molecule has 0 aliphatic rings. The van der Waals surface area contributed by atoms with Crippen molar-refractivity contribution in [2.24, 2.45) is 0 Å². The Kier molecular flexibility index (Phi) is 3.20. The third kappa shape index (κ3) is 2.20. The predicted octanol–water partition coefficient (Wildman–Crippen LogP) is 3.24. The van der Waals surface area contributed by atoms with E-state index in [4.69, 9.17) is 11.6 Å². The summed E-state index contributed by atoms with van der Waals surface area (Å²) in [5.41, 5.74) is 5.26. The molecule has 90 valence electrons. The van der Waals surface area contributed by atoms with E-state index in [1.54, 1.807) is 0 Å². The van der Waals surface area contributed by atoms with E-state index in [0.717, 1.165) is 34.0 Å². The summed E-state index contributed by atoms with van der Waals surface area (Å²) in [7, 11) is 0. The van der Waals surface area contributed by atoms with Crippen LogP contribution in [0.5, 0.6) is 0 Å². The van der Waals surface area contributed by atoms with Crippen LogP contribution >= 0.6 is 11.6 Å². The Morgan fingerprint density at radius 1 is 1.12 bits per heavy atom. The summed E-state index contributed by atoms with van der Waals surface area (Å²) in [4.78, 5) is 4.57. The average Bonchev–Trinajstić information content (AvgIpc) is 2.56. The molecule has 3 nitrogen and oxygen atoms in total. The van der Waals surface area contributed by atoms with Crippen molar-refractivity contribution in [2.45, 2.75) is 33.6 Å². The van der Waals surface area contributed by atoms with Crippen molar-refractivity contribution in [3.63, 3.8) is 0 Å². The third-order valence-electron chi connectivity index (χ3n) is 2.80. The summed E-state index contributed by atoms with van der Waals surface area (Å²) in [6, 6.07) is 4.09. The number of hydrogen-bond donors (Lipinski definition) is 0. The Balaban J connectivity index is 2.69. The van der Waals surface area contributed by atoms with Crippen LogP contribution in [0, 0.1) is 27.7 Å². The Morgan fingerprint density at radius 2 is 1.82 bits per heavy atom. The summed E-state index contributed by atoms with van der Waals surface area (Å²) in [6.07, 6.45) is 0. The smallest absolute Gasteiger partial charge is 0.158 e. The van der Waals surface area contributed by atoms with Gasteiger partial charge in [-0.1, -0.05) is 0 Å². The van der Waals surface area contributed by atoms with Gasteiger partial charge in [0.25, 0.3) is 0 Å². The summed E-state index contributed by atoms with van der Waals surface area (Å²) >= 11 is 6.02. The van der Waals surface area contributed by atoms with Crippen LogP contribution in [-0.4, -0.2) is 14.8 Å². The fourth-order valence-corrected chi connectivity index (χ4v) is 2.36. The van der Waals surface area contributed by atoms with Crippen LogP contribution in [0.25, 0.3) is 5.82 Å². The standard InChI is InChI=1S/C13H16ClN3/c1-8-5-9(2)15-13(12(8)7-14)17-11(4)6-10(3)16-17/h5-6H,7H2,1-4H3. The van der Waals surface area contributed by atoms with E-state index < -0.39 is 0 Å². The van der Waals surface area contributed by atoms with E-state index in [0.29, 0.717) is 5.88 Å². The molecule has 4 heteroatoms. The van der Waals surface area contributed by atoms with E-state index >= 15 is 0 Å². The molecule has 2 rings (SSSR count). The molecule has 0 aliphatic heterocycles. The van der Waals surface area contributed by atoms with Gasteiger partial charge in [-0.15, -0.1) is 11.6 Å². The van der Waals surface area contributed by atoms with Crippen molar-refractivity contribution in [3.05, 3.63) is 40.3 Å². The number of nitrogens with zero attached hydrogens (tertiary/aromatic N) is 3. The van der Waals surface area contributed by atoms with Gasteiger partial charge in [-0.05, 0) is 45.4 Å². The van der Waals surface area contributed by atoms with Gasteiger partial charge in [0.05, 0.1) is 11.6 Å². The first kappa shape index (κ1) is 12.1. The Labute approximate surface area is 106 Å². The molecule has 0 fully saturated rings. The Bertz CT molecular complexity index is 558. The van der Waals surface area contributed by atoms with Crippen molar-refractivity contribution in [1.29, 1.82) is 0 Å². The second-order valence-corrected chi connectivity index (χ2v) is 4.62. The zero-order valence-corrected chi connectivity index (χ0v) is 11.3. The summed E-state index contributed by atoms with van der Waals surface area (Å²) in [6.45, 7) is 8.05. The van der Waals surface area contributed by atoms with Gasteiger partial charge in [-0.3, -0.25) is 0 Å². The van der Waals surface area contributed by atoms with Gasteiger partial charge in [0.2, 0.25) is 0 Å². The predicted molar refractivity (Wildman–Crippen MR) is 69.9 cm³/mol. The molecule has 0 aliphatic carbocycles. The van der Waals surface area contributed by atoms with Crippen LogP contribution in [0.4, 0.5) is 0 Å². The second-order valence-electron chi connectivity index (χ2n) is 4.36. The Hall–Kier alpha value is -1.35. The van der Waals surface area contributed by atoms with Gasteiger partial charge < -0.3 is 0 Å². The van der Waals surface area contributed by atoms with Gasteiger partial charge in [0, 0.05) is 17.0 Å². The number of halogens is 1. The molecule has 0 unspecified atom stereocenters. The molecule has 0 saturated carbocycles. The van der Waals surface area contributed by atoms with Crippen LogP contribution in [0.2, 0.25) is 0 Å².